The average molecular weight is 940 g/mol. The fourth-order valence-electron chi connectivity index (χ4n) is 9.13. The van der Waals surface area contributed by atoms with E-state index in [1.807, 2.05) is 61.6 Å². The third kappa shape index (κ3) is 14.4. The van der Waals surface area contributed by atoms with E-state index in [9.17, 15) is 38.7 Å². The molecular formula is C50H85N9O8. The Balaban J connectivity index is 2.34. The molecule has 0 aliphatic heterocycles. The molecule has 0 bridgehead atoms. The van der Waals surface area contributed by atoms with E-state index in [1.165, 1.54) is 40.7 Å². The van der Waals surface area contributed by atoms with Crippen molar-refractivity contribution in [2.24, 2.45) is 41.4 Å². The van der Waals surface area contributed by atoms with Crippen molar-refractivity contribution in [1.82, 2.24) is 45.9 Å². The van der Waals surface area contributed by atoms with Crippen LogP contribution in [0.25, 0.3) is 10.9 Å². The number of aromatic nitrogens is 1. The quantitative estimate of drug-likeness (QED) is 0.0897. The molecule has 7 amide bonds. The molecule has 17 heteroatoms. The van der Waals surface area contributed by atoms with Crippen LogP contribution in [0.3, 0.4) is 0 Å². The summed E-state index contributed by atoms with van der Waals surface area (Å²) in [6.45, 7) is 25.9. The monoisotopic (exact) mass is 940 g/mol. The predicted molar refractivity (Wildman–Crippen MR) is 263 cm³/mol. The number of phenolic OH excluding ortho intramolecular Hbond substituents is 1. The number of likely N-dealkylation sites (N-methyl/N-ethyl adjacent to an activating group) is 5. The summed E-state index contributed by atoms with van der Waals surface area (Å²) in [6.07, 6.45) is 2.32. The zero-order chi connectivity index (χ0) is 51.5. The number of rotatable bonds is 24. The van der Waals surface area contributed by atoms with Crippen LogP contribution in [0.5, 0.6) is 5.75 Å². The van der Waals surface area contributed by atoms with Gasteiger partial charge in [0.15, 0.2) is 0 Å². The van der Waals surface area contributed by atoms with Crippen LogP contribution >= 0.6 is 0 Å². The molecule has 0 aliphatic carbocycles. The van der Waals surface area contributed by atoms with E-state index in [4.69, 9.17) is 0 Å². The third-order valence-electron chi connectivity index (χ3n) is 12.8. The molecule has 0 radical (unpaired) electrons. The standard InChI is InChI=1S/C50H85N9O8/c1-26(2)37(51-15)44(61)54-38(27(3)4)48(65)58(18)42(31(11)12)50(67)59(19)43(32(13)14)49(66)57(17)41(30(9)10)46(63)55-39(28(5)6)47(64)56(16)40(29(7)8)45(62)52-23-22-33-25-53-36-21-20-34(60)24-35(33)36/h20-21,24-32,37-43,51,53,60H,22-23H2,1-19H3,(H,52,62)(H,54,61)(H,55,63)/t37-,38-,39-,40-,41-,42-,43-/m0/s1. The summed E-state index contributed by atoms with van der Waals surface area (Å²) in [5.41, 5.74) is 1.78. The zero-order valence-electron chi connectivity index (χ0n) is 43.9. The van der Waals surface area contributed by atoms with Crippen molar-refractivity contribution >= 4 is 52.3 Å². The van der Waals surface area contributed by atoms with Gasteiger partial charge in [0.05, 0.1) is 6.04 Å². The molecule has 0 aliphatic rings. The SMILES string of the molecule is CN[C@H](C(=O)N[C@H](C(=O)N(C)[C@H](C(=O)N(C)[C@H](C(=O)N(C)[C@H](C(=O)N[C@H](C(=O)N(C)[C@H](C(=O)NCCc1c[nH]c2ccc(O)cc12)C(C)C)C(C)C)C(C)C)C(C)C)C(C)C)C(C)C)C(C)C. The van der Waals surface area contributed by atoms with Gasteiger partial charge in [-0.05, 0) is 78.7 Å². The Morgan fingerprint density at radius 2 is 0.910 bits per heavy atom. The van der Waals surface area contributed by atoms with Crippen LogP contribution in [-0.2, 0) is 40.0 Å². The van der Waals surface area contributed by atoms with Gasteiger partial charge in [-0.3, -0.25) is 33.6 Å². The van der Waals surface area contributed by atoms with Crippen LogP contribution in [0.1, 0.15) is 102 Å². The molecule has 7 atom stereocenters. The second kappa shape index (κ2) is 25.3. The summed E-state index contributed by atoms with van der Waals surface area (Å²) in [5, 5.41) is 22.6. The van der Waals surface area contributed by atoms with Crippen molar-refractivity contribution in [2.75, 3.05) is 41.8 Å². The number of fused-ring (bicyclic) bond motifs is 1. The zero-order valence-corrected chi connectivity index (χ0v) is 43.9. The molecule has 67 heavy (non-hydrogen) atoms. The minimum atomic E-state index is -1.06. The number of amides is 7. The van der Waals surface area contributed by atoms with Crippen LogP contribution in [-0.4, -0.2) is 155 Å². The Morgan fingerprint density at radius 3 is 1.33 bits per heavy atom. The van der Waals surface area contributed by atoms with Crippen molar-refractivity contribution in [1.29, 1.82) is 0 Å². The molecule has 0 unspecified atom stereocenters. The van der Waals surface area contributed by atoms with E-state index in [-0.39, 0.29) is 47.8 Å². The minimum Gasteiger partial charge on any atom is -0.508 e. The highest BCUT2D eigenvalue weighted by molar-refractivity contribution is 5.97. The molecule has 378 valence electrons. The van der Waals surface area contributed by atoms with Crippen LogP contribution in [0, 0.1) is 41.4 Å². The van der Waals surface area contributed by atoms with Gasteiger partial charge in [0.1, 0.15) is 42.0 Å². The number of H-pyrrole nitrogens is 1. The van der Waals surface area contributed by atoms with E-state index in [0.717, 1.165) is 16.5 Å². The van der Waals surface area contributed by atoms with Gasteiger partial charge in [-0.25, -0.2) is 0 Å². The number of benzene rings is 1. The lowest BCUT2D eigenvalue weighted by Crippen LogP contribution is -2.63. The van der Waals surface area contributed by atoms with Gasteiger partial charge in [0, 0.05) is 51.8 Å². The van der Waals surface area contributed by atoms with Crippen LogP contribution in [0.2, 0.25) is 0 Å². The summed E-state index contributed by atoms with van der Waals surface area (Å²) >= 11 is 0. The third-order valence-corrected chi connectivity index (χ3v) is 12.8. The van der Waals surface area contributed by atoms with Crippen molar-refractivity contribution in [3.8, 4) is 5.75 Å². The molecule has 0 fully saturated rings. The normalized spacial score (nSPS) is 15.1. The van der Waals surface area contributed by atoms with E-state index >= 15 is 0 Å². The first-order chi connectivity index (χ1) is 31.0. The number of nitrogens with one attached hydrogen (secondary N) is 5. The van der Waals surface area contributed by atoms with Gasteiger partial charge in [-0.2, -0.15) is 0 Å². The van der Waals surface area contributed by atoms with Crippen molar-refractivity contribution in [3.63, 3.8) is 0 Å². The maximum atomic E-state index is 14.7. The largest absolute Gasteiger partial charge is 0.508 e. The fourth-order valence-corrected chi connectivity index (χ4v) is 9.13. The van der Waals surface area contributed by atoms with E-state index in [1.54, 1.807) is 73.8 Å². The first kappa shape index (κ1) is 57.9. The first-order valence-electron chi connectivity index (χ1n) is 23.9. The molecule has 0 saturated carbocycles. The maximum Gasteiger partial charge on any atom is 0.246 e. The summed E-state index contributed by atoms with van der Waals surface area (Å²) in [4.78, 5) is 108. The van der Waals surface area contributed by atoms with Crippen molar-refractivity contribution in [2.45, 2.75) is 146 Å². The number of carbonyl (C=O) groups excluding carboxylic acids is 7. The highest BCUT2D eigenvalue weighted by atomic mass is 16.3. The van der Waals surface area contributed by atoms with Crippen LogP contribution in [0.4, 0.5) is 0 Å². The Hall–Kier alpha value is -5.19. The second-order valence-electron chi connectivity index (χ2n) is 20.6. The lowest BCUT2D eigenvalue weighted by atomic mass is 9.93. The van der Waals surface area contributed by atoms with Crippen molar-refractivity contribution < 1.29 is 38.7 Å². The van der Waals surface area contributed by atoms with Gasteiger partial charge in [0.2, 0.25) is 41.4 Å². The summed E-state index contributed by atoms with van der Waals surface area (Å²) < 4.78 is 0. The molecule has 1 heterocycles. The summed E-state index contributed by atoms with van der Waals surface area (Å²) in [6, 6.07) is -1.40. The van der Waals surface area contributed by atoms with Gasteiger partial charge < -0.3 is 51.0 Å². The van der Waals surface area contributed by atoms with Gasteiger partial charge in [-0.1, -0.05) is 96.9 Å². The Kier molecular flexibility index (Phi) is 21.8. The highest BCUT2D eigenvalue weighted by Crippen LogP contribution is 2.25. The Labute approximate surface area is 400 Å². The van der Waals surface area contributed by atoms with Gasteiger partial charge >= 0.3 is 0 Å². The highest BCUT2D eigenvalue weighted by Gasteiger charge is 2.44. The maximum absolute atomic E-state index is 14.7. The smallest absolute Gasteiger partial charge is 0.246 e. The molecule has 1 aromatic heterocycles. The molecule has 2 rings (SSSR count). The number of aromatic amines is 1. The number of nitrogens with zero attached hydrogens (tertiary/aromatic N) is 4. The number of phenols is 1. The van der Waals surface area contributed by atoms with Crippen molar-refractivity contribution in [3.05, 3.63) is 30.0 Å². The first-order valence-corrected chi connectivity index (χ1v) is 23.9. The molecule has 17 nitrogen and oxygen atoms in total. The molecule has 2 aromatic rings. The summed E-state index contributed by atoms with van der Waals surface area (Å²) in [7, 11) is 7.81. The number of hydrogen-bond donors (Lipinski definition) is 6. The topological polar surface area (TPSA) is 217 Å². The van der Waals surface area contributed by atoms with E-state index in [0.29, 0.717) is 6.42 Å². The second-order valence-corrected chi connectivity index (χ2v) is 20.6. The molecular weight excluding hydrogens is 855 g/mol. The van der Waals surface area contributed by atoms with Gasteiger partial charge in [-0.15, -0.1) is 0 Å². The van der Waals surface area contributed by atoms with E-state index < -0.39 is 89.6 Å². The van der Waals surface area contributed by atoms with Gasteiger partial charge in [0.25, 0.3) is 0 Å². The van der Waals surface area contributed by atoms with E-state index in [2.05, 4.69) is 26.3 Å². The lowest BCUT2D eigenvalue weighted by molar-refractivity contribution is -0.155. The Bertz CT molecular complexity index is 2010. The van der Waals surface area contributed by atoms with Crippen LogP contribution in [0.15, 0.2) is 24.4 Å². The minimum absolute atomic E-state index is 0.0371. The average Bonchev–Trinajstić information content (AvgIpc) is 3.62. The number of carbonyl (C=O) groups is 7. The molecule has 6 N–H and O–H groups in total. The molecule has 1 aromatic carbocycles. The number of aromatic hydroxyl groups is 1. The molecule has 0 saturated heterocycles. The van der Waals surface area contributed by atoms with Crippen LogP contribution < -0.4 is 21.3 Å². The fraction of sp³-hybridized carbons (Fsp3) is 0.700. The lowest BCUT2D eigenvalue weighted by Gasteiger charge is -2.41. The molecule has 0 spiro atoms. The number of hydrogen-bond acceptors (Lipinski definition) is 9. The summed E-state index contributed by atoms with van der Waals surface area (Å²) in [5.74, 6) is -5.21. The Morgan fingerprint density at radius 1 is 0.522 bits per heavy atom. The predicted octanol–water partition coefficient (Wildman–Crippen LogP) is 3.99.